The zero-order chi connectivity index (χ0) is 13.6. The maximum atomic E-state index is 5.82. The summed E-state index contributed by atoms with van der Waals surface area (Å²) in [6, 6.07) is 0. The van der Waals surface area contributed by atoms with Gasteiger partial charge in [-0.3, -0.25) is 9.78 Å². The molecular weight excluding hydrogens is 260 g/mol. The molecule has 0 radical (unpaired) electrons. The van der Waals surface area contributed by atoms with E-state index in [-0.39, 0.29) is 0 Å². The van der Waals surface area contributed by atoms with Crippen molar-refractivity contribution >= 4 is 17.2 Å². The second-order valence-corrected chi connectivity index (χ2v) is 5.26. The molecule has 3 aromatic rings. The predicted octanol–water partition coefficient (Wildman–Crippen LogP) is 2.13. The second-order valence-electron chi connectivity index (χ2n) is 4.40. The SMILES string of the molecule is Cc1nn(C)c(C)c1-c1csc(-c2cn[nH]c2N)n1. The maximum absolute atomic E-state index is 5.82. The maximum Gasteiger partial charge on any atom is 0.129 e. The first-order valence-electron chi connectivity index (χ1n) is 5.83. The molecule has 0 saturated heterocycles. The Morgan fingerprint density at radius 1 is 1.37 bits per heavy atom. The van der Waals surface area contributed by atoms with Crippen molar-refractivity contribution in [3.8, 4) is 21.8 Å². The van der Waals surface area contributed by atoms with E-state index in [1.165, 1.54) is 0 Å². The first-order valence-corrected chi connectivity index (χ1v) is 6.71. The van der Waals surface area contributed by atoms with Crippen LogP contribution in [0.1, 0.15) is 11.4 Å². The quantitative estimate of drug-likeness (QED) is 0.749. The van der Waals surface area contributed by atoms with Crippen molar-refractivity contribution in [3.63, 3.8) is 0 Å². The minimum atomic E-state index is 0.542. The third-order valence-electron chi connectivity index (χ3n) is 3.17. The highest BCUT2D eigenvalue weighted by Crippen LogP contribution is 2.33. The molecule has 0 unspecified atom stereocenters. The molecule has 0 atom stereocenters. The summed E-state index contributed by atoms with van der Waals surface area (Å²) in [6.45, 7) is 4.04. The van der Waals surface area contributed by atoms with Crippen LogP contribution in [0.3, 0.4) is 0 Å². The molecule has 3 aromatic heterocycles. The Morgan fingerprint density at radius 3 is 2.74 bits per heavy atom. The summed E-state index contributed by atoms with van der Waals surface area (Å²) in [5.74, 6) is 0.542. The number of anilines is 1. The van der Waals surface area contributed by atoms with Crippen LogP contribution in [0, 0.1) is 13.8 Å². The highest BCUT2D eigenvalue weighted by molar-refractivity contribution is 7.13. The first kappa shape index (κ1) is 11.9. The molecule has 6 nitrogen and oxygen atoms in total. The van der Waals surface area contributed by atoms with E-state index in [1.54, 1.807) is 17.5 Å². The number of aromatic nitrogens is 5. The molecule has 0 aliphatic rings. The predicted molar refractivity (Wildman–Crippen MR) is 75.8 cm³/mol. The number of nitrogens with one attached hydrogen (secondary N) is 1. The number of aromatic amines is 1. The van der Waals surface area contributed by atoms with Gasteiger partial charge in [0.05, 0.1) is 23.1 Å². The summed E-state index contributed by atoms with van der Waals surface area (Å²) < 4.78 is 1.87. The minimum absolute atomic E-state index is 0.542. The Labute approximate surface area is 114 Å². The summed E-state index contributed by atoms with van der Waals surface area (Å²) >= 11 is 1.55. The van der Waals surface area contributed by atoms with Crippen LogP contribution in [-0.2, 0) is 7.05 Å². The van der Waals surface area contributed by atoms with E-state index in [0.29, 0.717) is 5.82 Å². The van der Waals surface area contributed by atoms with E-state index < -0.39 is 0 Å². The van der Waals surface area contributed by atoms with Crippen LogP contribution in [-0.4, -0.2) is 25.0 Å². The van der Waals surface area contributed by atoms with Crippen molar-refractivity contribution in [2.75, 3.05) is 5.73 Å². The molecular formula is C12H14N6S. The van der Waals surface area contributed by atoms with Gasteiger partial charge in [0.15, 0.2) is 0 Å². The Hall–Kier alpha value is -2.15. The number of hydrogen-bond donors (Lipinski definition) is 2. The summed E-state index contributed by atoms with van der Waals surface area (Å²) in [7, 11) is 1.94. The molecule has 0 fully saturated rings. The summed E-state index contributed by atoms with van der Waals surface area (Å²) in [5, 5.41) is 13.9. The normalized spacial score (nSPS) is 11.1. The van der Waals surface area contributed by atoms with Crippen molar-refractivity contribution in [3.05, 3.63) is 23.0 Å². The number of H-pyrrole nitrogens is 1. The second kappa shape index (κ2) is 4.20. The van der Waals surface area contributed by atoms with Gasteiger partial charge in [0.25, 0.3) is 0 Å². The summed E-state index contributed by atoms with van der Waals surface area (Å²) in [5.41, 5.74) is 10.8. The zero-order valence-electron chi connectivity index (χ0n) is 10.9. The number of nitrogens with two attached hydrogens (primary N) is 1. The molecule has 7 heteroatoms. The molecule has 0 amide bonds. The highest BCUT2D eigenvalue weighted by atomic mass is 32.1. The molecule has 98 valence electrons. The third-order valence-corrected chi connectivity index (χ3v) is 4.04. The summed E-state index contributed by atoms with van der Waals surface area (Å²) in [6.07, 6.45) is 1.70. The molecule has 3 heterocycles. The standard InChI is InChI=1S/C12H14N6S/c1-6-10(7(2)18(3)17-6)9-5-19-12(15-9)8-4-14-16-11(8)13/h4-5H,1-3H3,(H3,13,14,16). The average molecular weight is 274 g/mol. The van der Waals surface area contributed by atoms with Crippen LogP contribution in [0.25, 0.3) is 21.8 Å². The lowest BCUT2D eigenvalue weighted by molar-refractivity contribution is 0.731. The monoisotopic (exact) mass is 274 g/mol. The van der Waals surface area contributed by atoms with Crippen molar-refractivity contribution < 1.29 is 0 Å². The fourth-order valence-corrected chi connectivity index (χ4v) is 2.96. The fraction of sp³-hybridized carbons (Fsp3) is 0.250. The van der Waals surface area contributed by atoms with Crippen molar-refractivity contribution in [2.45, 2.75) is 13.8 Å². The number of hydrogen-bond acceptors (Lipinski definition) is 5. The van der Waals surface area contributed by atoms with E-state index in [4.69, 9.17) is 5.73 Å². The number of thiazole rings is 1. The van der Waals surface area contributed by atoms with Crippen LogP contribution in [0.15, 0.2) is 11.6 Å². The number of aryl methyl sites for hydroxylation is 2. The number of nitrogens with zero attached hydrogens (tertiary/aromatic N) is 4. The molecule has 0 bridgehead atoms. The van der Waals surface area contributed by atoms with Gasteiger partial charge in [-0.25, -0.2) is 4.98 Å². The smallest absolute Gasteiger partial charge is 0.129 e. The average Bonchev–Trinajstić information content (AvgIpc) is 3.02. The third kappa shape index (κ3) is 1.82. The van der Waals surface area contributed by atoms with Gasteiger partial charge in [0, 0.05) is 23.7 Å². The van der Waals surface area contributed by atoms with Gasteiger partial charge in [-0.05, 0) is 13.8 Å². The van der Waals surface area contributed by atoms with E-state index in [0.717, 1.165) is 33.2 Å². The molecule has 0 saturated carbocycles. The topological polar surface area (TPSA) is 85.4 Å². The Balaban J connectivity index is 2.09. The van der Waals surface area contributed by atoms with Gasteiger partial charge in [-0.2, -0.15) is 10.2 Å². The van der Waals surface area contributed by atoms with Crippen LogP contribution in [0.4, 0.5) is 5.82 Å². The van der Waals surface area contributed by atoms with Crippen molar-refractivity contribution in [2.24, 2.45) is 7.05 Å². The summed E-state index contributed by atoms with van der Waals surface area (Å²) in [4.78, 5) is 4.64. The lowest BCUT2D eigenvalue weighted by atomic mass is 10.1. The van der Waals surface area contributed by atoms with Gasteiger partial charge in [0.2, 0.25) is 0 Å². The number of rotatable bonds is 2. The van der Waals surface area contributed by atoms with Gasteiger partial charge in [-0.1, -0.05) is 0 Å². The highest BCUT2D eigenvalue weighted by Gasteiger charge is 2.16. The van der Waals surface area contributed by atoms with Crippen molar-refractivity contribution in [1.82, 2.24) is 25.0 Å². The lowest BCUT2D eigenvalue weighted by Crippen LogP contribution is -1.92. The molecule has 19 heavy (non-hydrogen) atoms. The number of nitrogen functional groups attached to an aromatic ring is 1. The molecule has 0 aromatic carbocycles. The largest absolute Gasteiger partial charge is 0.383 e. The Kier molecular flexibility index (Phi) is 2.63. The van der Waals surface area contributed by atoms with Crippen LogP contribution >= 0.6 is 11.3 Å². The van der Waals surface area contributed by atoms with Crippen LogP contribution in [0.2, 0.25) is 0 Å². The molecule has 0 aliphatic carbocycles. The van der Waals surface area contributed by atoms with Gasteiger partial charge in [0.1, 0.15) is 10.8 Å². The first-order chi connectivity index (χ1) is 9.08. The van der Waals surface area contributed by atoms with E-state index in [1.807, 2.05) is 31.0 Å². The van der Waals surface area contributed by atoms with Gasteiger partial charge >= 0.3 is 0 Å². The minimum Gasteiger partial charge on any atom is -0.383 e. The Bertz CT molecular complexity index is 735. The van der Waals surface area contributed by atoms with Crippen LogP contribution < -0.4 is 5.73 Å². The molecule has 3 rings (SSSR count). The molecule has 0 aliphatic heterocycles. The van der Waals surface area contributed by atoms with E-state index >= 15 is 0 Å². The van der Waals surface area contributed by atoms with E-state index in [2.05, 4.69) is 20.3 Å². The zero-order valence-corrected chi connectivity index (χ0v) is 11.7. The van der Waals surface area contributed by atoms with Crippen molar-refractivity contribution in [1.29, 1.82) is 0 Å². The Morgan fingerprint density at radius 2 is 2.16 bits per heavy atom. The molecule has 0 spiro atoms. The van der Waals surface area contributed by atoms with Crippen LogP contribution in [0.5, 0.6) is 0 Å². The van der Waals surface area contributed by atoms with E-state index in [9.17, 15) is 0 Å². The fourth-order valence-electron chi connectivity index (χ4n) is 2.12. The van der Waals surface area contributed by atoms with Gasteiger partial charge < -0.3 is 5.73 Å². The van der Waals surface area contributed by atoms with Gasteiger partial charge in [-0.15, -0.1) is 11.3 Å². The molecule has 3 N–H and O–H groups in total. The lowest BCUT2D eigenvalue weighted by Gasteiger charge is -1.97.